The molecule has 1 aromatic heterocycles. The first-order valence-corrected chi connectivity index (χ1v) is 9.30. The van der Waals surface area contributed by atoms with Crippen molar-refractivity contribution in [2.45, 2.75) is 50.2 Å². The van der Waals surface area contributed by atoms with Gasteiger partial charge in [-0.2, -0.15) is 0 Å². The highest BCUT2D eigenvalue weighted by Crippen LogP contribution is 2.39. The molecule has 1 unspecified atom stereocenters. The van der Waals surface area contributed by atoms with Crippen LogP contribution in [0.1, 0.15) is 48.9 Å². The second kappa shape index (κ2) is 6.81. The van der Waals surface area contributed by atoms with E-state index in [0.717, 1.165) is 38.6 Å². The molecule has 1 saturated carbocycles. The summed E-state index contributed by atoms with van der Waals surface area (Å²) in [4.78, 5) is 18.7. The Bertz CT molecular complexity index is 555. The third kappa shape index (κ3) is 3.33. The Morgan fingerprint density at radius 2 is 2.17 bits per heavy atom. The molecule has 24 heavy (non-hydrogen) atoms. The Kier molecular flexibility index (Phi) is 4.55. The molecule has 130 valence electrons. The molecular weight excluding hydrogens is 302 g/mol. The number of ether oxygens (including phenoxy) is 1. The highest BCUT2D eigenvalue weighted by molar-refractivity contribution is 5.93. The molecule has 0 bridgehead atoms. The zero-order chi connectivity index (χ0) is 16.4. The van der Waals surface area contributed by atoms with E-state index in [-0.39, 0.29) is 11.5 Å². The Balaban J connectivity index is 1.19. The molecule has 1 spiro atoms. The summed E-state index contributed by atoms with van der Waals surface area (Å²) in [5.41, 5.74) is 0.740. The van der Waals surface area contributed by atoms with Crippen molar-refractivity contribution >= 4 is 5.91 Å². The third-order valence-corrected chi connectivity index (χ3v) is 5.93. The summed E-state index contributed by atoms with van der Waals surface area (Å²) in [6.07, 6.45) is 11.1. The Morgan fingerprint density at radius 1 is 1.33 bits per heavy atom. The molecule has 0 aromatic carbocycles. The summed E-state index contributed by atoms with van der Waals surface area (Å²) in [5, 5.41) is 3.02. The average molecular weight is 329 g/mol. The van der Waals surface area contributed by atoms with Crippen molar-refractivity contribution in [1.82, 2.24) is 15.2 Å². The lowest BCUT2D eigenvalue weighted by atomic mass is 9.82. The van der Waals surface area contributed by atoms with E-state index >= 15 is 0 Å². The Labute approximate surface area is 143 Å². The van der Waals surface area contributed by atoms with Gasteiger partial charge in [0.25, 0.3) is 5.91 Å². The zero-order valence-corrected chi connectivity index (χ0v) is 14.2. The van der Waals surface area contributed by atoms with Crippen molar-refractivity contribution in [3.8, 4) is 0 Å². The number of aromatic nitrogens is 1. The molecule has 1 atom stereocenters. The largest absolute Gasteiger partial charge is 0.372 e. The second-order valence-electron chi connectivity index (χ2n) is 7.69. The van der Waals surface area contributed by atoms with E-state index in [1.807, 2.05) is 0 Å². The van der Waals surface area contributed by atoms with Gasteiger partial charge in [-0.05, 0) is 43.7 Å². The van der Waals surface area contributed by atoms with Crippen LogP contribution in [0.25, 0.3) is 0 Å². The van der Waals surface area contributed by atoms with Gasteiger partial charge in [0.05, 0.1) is 17.8 Å². The molecule has 3 aliphatic rings. The maximum atomic E-state index is 12.1. The number of rotatable bonds is 4. The highest BCUT2D eigenvalue weighted by Gasteiger charge is 2.48. The first-order valence-electron chi connectivity index (χ1n) is 9.30. The van der Waals surface area contributed by atoms with Crippen LogP contribution < -0.4 is 5.32 Å². The normalized spacial score (nSPS) is 27.1. The minimum absolute atomic E-state index is 0.0422. The molecule has 5 heteroatoms. The molecular formula is C19H27N3O2. The van der Waals surface area contributed by atoms with Crippen LogP contribution in [-0.4, -0.2) is 53.7 Å². The van der Waals surface area contributed by atoms with Gasteiger partial charge in [-0.15, -0.1) is 0 Å². The second-order valence-corrected chi connectivity index (χ2v) is 7.69. The molecule has 1 N–H and O–H groups in total. The third-order valence-electron chi connectivity index (χ3n) is 5.93. The minimum Gasteiger partial charge on any atom is -0.372 e. The van der Waals surface area contributed by atoms with E-state index in [2.05, 4.69) is 15.2 Å². The van der Waals surface area contributed by atoms with Crippen LogP contribution in [0.5, 0.6) is 0 Å². The summed E-state index contributed by atoms with van der Waals surface area (Å²) in [5.74, 6) is 0.385. The van der Waals surface area contributed by atoms with E-state index in [0.29, 0.717) is 18.0 Å². The molecule has 1 aromatic rings. The molecule has 1 amide bonds. The van der Waals surface area contributed by atoms with E-state index in [9.17, 15) is 4.79 Å². The fraction of sp³-hybridized carbons (Fsp3) is 0.684. The molecule has 4 rings (SSSR count). The standard InChI is InChI=1S/C19H27N3O2/c23-18(16-4-3-9-20-11-16)21-10-15-7-8-19(24-12-15)13-22(14-19)17-5-1-2-6-17/h3-4,9,11,15,17H,1-2,5-8,10,12-14H2,(H,21,23). The topological polar surface area (TPSA) is 54.5 Å². The maximum absolute atomic E-state index is 12.1. The summed E-state index contributed by atoms with van der Waals surface area (Å²) in [6, 6.07) is 4.39. The summed E-state index contributed by atoms with van der Waals surface area (Å²) >= 11 is 0. The number of nitrogens with one attached hydrogen (secondary N) is 1. The van der Waals surface area contributed by atoms with Crippen molar-refractivity contribution in [1.29, 1.82) is 0 Å². The van der Waals surface area contributed by atoms with E-state index in [1.54, 1.807) is 24.5 Å². The number of likely N-dealkylation sites (tertiary alicyclic amines) is 1. The van der Waals surface area contributed by atoms with Crippen LogP contribution in [0.3, 0.4) is 0 Å². The van der Waals surface area contributed by atoms with Gasteiger partial charge in [0.1, 0.15) is 0 Å². The van der Waals surface area contributed by atoms with Gasteiger partial charge in [0.2, 0.25) is 0 Å². The van der Waals surface area contributed by atoms with Crippen LogP contribution in [0.15, 0.2) is 24.5 Å². The van der Waals surface area contributed by atoms with Gasteiger partial charge >= 0.3 is 0 Å². The SMILES string of the molecule is O=C(NCC1CCC2(CN(C3CCCC3)C2)OC1)c1cccnc1. The highest BCUT2D eigenvalue weighted by atomic mass is 16.5. The Morgan fingerprint density at radius 3 is 2.83 bits per heavy atom. The van der Waals surface area contributed by atoms with Crippen LogP contribution in [-0.2, 0) is 4.74 Å². The molecule has 0 radical (unpaired) electrons. The Hall–Kier alpha value is -1.46. The van der Waals surface area contributed by atoms with Crippen LogP contribution in [0, 0.1) is 5.92 Å². The number of hydrogen-bond donors (Lipinski definition) is 1. The number of amides is 1. The minimum atomic E-state index is -0.0422. The number of nitrogens with zero attached hydrogens (tertiary/aromatic N) is 2. The van der Waals surface area contributed by atoms with Crippen molar-refractivity contribution in [2.75, 3.05) is 26.2 Å². The maximum Gasteiger partial charge on any atom is 0.252 e. The molecule has 5 nitrogen and oxygen atoms in total. The van der Waals surface area contributed by atoms with Gasteiger partial charge in [-0.1, -0.05) is 12.8 Å². The fourth-order valence-corrected chi connectivity index (χ4v) is 4.39. The van der Waals surface area contributed by atoms with Gasteiger partial charge in [-0.25, -0.2) is 0 Å². The van der Waals surface area contributed by atoms with Crippen LogP contribution in [0.2, 0.25) is 0 Å². The molecule has 2 aliphatic heterocycles. The predicted octanol–water partition coefficient (Wildman–Crippen LogP) is 2.23. The lowest BCUT2D eigenvalue weighted by Crippen LogP contribution is -2.67. The van der Waals surface area contributed by atoms with Crippen molar-refractivity contribution in [2.24, 2.45) is 5.92 Å². The summed E-state index contributed by atoms with van der Waals surface area (Å²) < 4.78 is 6.24. The van der Waals surface area contributed by atoms with E-state index < -0.39 is 0 Å². The first kappa shape index (κ1) is 16.0. The lowest BCUT2D eigenvalue weighted by molar-refractivity contribution is -0.188. The van der Waals surface area contributed by atoms with Crippen molar-refractivity contribution in [3.05, 3.63) is 30.1 Å². The van der Waals surface area contributed by atoms with Gasteiger partial charge in [-0.3, -0.25) is 14.7 Å². The van der Waals surface area contributed by atoms with Crippen LogP contribution in [0.4, 0.5) is 0 Å². The molecule has 2 saturated heterocycles. The molecule has 3 heterocycles. The number of hydrogen-bond acceptors (Lipinski definition) is 4. The monoisotopic (exact) mass is 329 g/mol. The lowest BCUT2D eigenvalue weighted by Gasteiger charge is -2.55. The van der Waals surface area contributed by atoms with Gasteiger partial charge < -0.3 is 10.1 Å². The molecule has 1 aliphatic carbocycles. The number of pyridine rings is 1. The summed E-state index contributed by atoms with van der Waals surface area (Å²) in [6.45, 7) is 3.70. The quantitative estimate of drug-likeness (QED) is 0.920. The number of carbonyl (C=O) groups excluding carboxylic acids is 1. The fourth-order valence-electron chi connectivity index (χ4n) is 4.39. The predicted molar refractivity (Wildman–Crippen MR) is 91.8 cm³/mol. The number of carbonyl (C=O) groups is 1. The van der Waals surface area contributed by atoms with Crippen molar-refractivity contribution in [3.63, 3.8) is 0 Å². The van der Waals surface area contributed by atoms with E-state index in [4.69, 9.17) is 4.74 Å². The van der Waals surface area contributed by atoms with Crippen molar-refractivity contribution < 1.29 is 9.53 Å². The van der Waals surface area contributed by atoms with Crippen LogP contribution >= 0.6 is 0 Å². The first-order chi connectivity index (χ1) is 11.7. The zero-order valence-electron chi connectivity index (χ0n) is 14.2. The summed E-state index contributed by atoms with van der Waals surface area (Å²) in [7, 11) is 0. The van der Waals surface area contributed by atoms with E-state index in [1.165, 1.54) is 25.7 Å². The molecule has 3 fully saturated rings. The van der Waals surface area contributed by atoms with Gasteiger partial charge in [0.15, 0.2) is 0 Å². The average Bonchev–Trinajstić information content (AvgIpc) is 3.13. The smallest absolute Gasteiger partial charge is 0.252 e. The van der Waals surface area contributed by atoms with Gasteiger partial charge in [0, 0.05) is 38.1 Å².